The second-order valence-electron chi connectivity index (χ2n) is 12.0. The lowest BCUT2D eigenvalue weighted by atomic mass is 9.96. The van der Waals surface area contributed by atoms with Crippen LogP contribution in [0.2, 0.25) is 0 Å². The third kappa shape index (κ3) is 6.16. The third-order valence-corrected chi connectivity index (χ3v) is 9.59. The van der Waals surface area contributed by atoms with Crippen LogP contribution in [0.1, 0.15) is 48.5 Å². The molecule has 0 radical (unpaired) electrons. The fourth-order valence-corrected chi connectivity index (χ4v) is 7.32. The van der Waals surface area contributed by atoms with Crippen molar-refractivity contribution in [2.24, 2.45) is 0 Å². The molecule has 2 aromatic heterocycles. The fraction of sp³-hybridized carbons (Fsp3) is 0.484. The number of hydrogen-bond acceptors (Lipinski definition) is 8. The van der Waals surface area contributed by atoms with Crippen LogP contribution in [0.15, 0.2) is 41.7 Å². The molecule has 3 fully saturated rings. The summed E-state index contributed by atoms with van der Waals surface area (Å²) >= 11 is -0.191. The molecule has 2 bridgehead atoms. The first kappa shape index (κ1) is 30.4. The fourth-order valence-electron chi connectivity index (χ4n) is 6.63. The first-order chi connectivity index (χ1) is 20.9. The van der Waals surface area contributed by atoms with Crippen LogP contribution in [0.4, 0.5) is 24.7 Å². The lowest BCUT2D eigenvalue weighted by Crippen LogP contribution is -2.61. The summed E-state index contributed by atoms with van der Waals surface area (Å²) in [5.41, 5.74) is -3.55. The minimum atomic E-state index is -4.50. The second-order valence-corrected chi connectivity index (χ2v) is 13.0. The van der Waals surface area contributed by atoms with Crippen LogP contribution in [-0.2, 0) is 0 Å². The van der Waals surface area contributed by atoms with Crippen LogP contribution in [0, 0.1) is 11.8 Å². The number of halogens is 3. The van der Waals surface area contributed by atoms with Crippen LogP contribution < -0.4 is 15.4 Å². The van der Waals surface area contributed by atoms with E-state index in [0.29, 0.717) is 40.4 Å². The van der Waals surface area contributed by atoms with Gasteiger partial charge in [0.05, 0.1) is 49.1 Å². The number of aromatic nitrogens is 2. The molecule has 3 aromatic rings. The van der Waals surface area contributed by atoms with Gasteiger partial charge in [-0.3, -0.25) is 9.69 Å². The van der Waals surface area contributed by atoms with E-state index < -0.39 is 11.1 Å². The number of likely N-dealkylation sites (N-methyl/N-ethyl adjacent to an activating group) is 1. The maximum atomic E-state index is 13.6. The average molecular weight is 629 g/mol. The number of β-amino-alcohol motifs (C(OH)–C–C–N with tert-alkyl or cyclic N) is 1. The van der Waals surface area contributed by atoms with Gasteiger partial charge in [0.1, 0.15) is 10.8 Å². The molecule has 9 nitrogen and oxygen atoms in total. The molecular formula is C31H35F3N6O3S. The number of likely N-dealkylation sites (tertiary alicyclic amines) is 1. The van der Waals surface area contributed by atoms with E-state index in [-0.39, 0.29) is 53.9 Å². The van der Waals surface area contributed by atoms with Crippen molar-refractivity contribution in [3.8, 4) is 17.6 Å². The molecule has 3 N–H and O–H groups in total. The Bertz CT molecular complexity index is 1620. The van der Waals surface area contributed by atoms with Gasteiger partial charge in [0.25, 0.3) is 5.91 Å². The van der Waals surface area contributed by atoms with Crippen molar-refractivity contribution in [1.29, 1.82) is 0 Å². The first-order valence-electron chi connectivity index (χ1n) is 14.6. The molecule has 3 atom stereocenters. The summed E-state index contributed by atoms with van der Waals surface area (Å²) in [7, 11) is 3.63. The number of aliphatic hydroxyl groups is 1. The van der Waals surface area contributed by atoms with Gasteiger partial charge < -0.3 is 29.8 Å². The van der Waals surface area contributed by atoms with E-state index in [1.807, 2.05) is 0 Å². The summed E-state index contributed by atoms with van der Waals surface area (Å²) in [6.07, 6.45) is 7.38. The highest BCUT2D eigenvalue weighted by atomic mass is 32.2. The molecule has 5 heterocycles. The summed E-state index contributed by atoms with van der Waals surface area (Å²) in [5.74, 6) is 6.63. The predicted octanol–water partition coefficient (Wildman–Crippen LogP) is 4.66. The minimum absolute atomic E-state index is 0.0161. The number of piperidine rings is 1. The monoisotopic (exact) mass is 628 g/mol. The lowest BCUT2D eigenvalue weighted by Gasteiger charge is -2.44. The van der Waals surface area contributed by atoms with Crippen LogP contribution in [0.3, 0.4) is 0 Å². The van der Waals surface area contributed by atoms with Gasteiger partial charge >= 0.3 is 5.51 Å². The van der Waals surface area contributed by atoms with Crippen LogP contribution in [0.5, 0.6) is 5.75 Å². The number of hydrogen-bond donors (Lipinski definition) is 3. The Balaban J connectivity index is 1.20. The summed E-state index contributed by atoms with van der Waals surface area (Å²) in [4.78, 5) is 21.2. The predicted molar refractivity (Wildman–Crippen MR) is 163 cm³/mol. The SMILES string of the molecule is COc1cc(C(=O)N2CC(C)(O)C2)ccc1NCC#Cc1cc2c(N[C@@H]3CC[C@@H]4CC[C@H]3N4C)nccn2c1SC(F)(F)F. The van der Waals surface area contributed by atoms with Crippen molar-refractivity contribution in [2.45, 2.75) is 66.9 Å². The van der Waals surface area contributed by atoms with Gasteiger partial charge in [-0.2, -0.15) is 13.2 Å². The Morgan fingerprint density at radius 3 is 2.73 bits per heavy atom. The van der Waals surface area contributed by atoms with Crippen molar-refractivity contribution >= 4 is 34.7 Å². The van der Waals surface area contributed by atoms with Crippen molar-refractivity contribution < 1.29 is 27.8 Å². The van der Waals surface area contributed by atoms with E-state index in [9.17, 15) is 23.1 Å². The summed E-state index contributed by atoms with van der Waals surface area (Å²) in [6, 6.07) is 7.77. The van der Waals surface area contributed by atoms with E-state index in [4.69, 9.17) is 4.74 Å². The quantitative estimate of drug-likeness (QED) is 0.257. The number of alkyl halides is 3. The molecule has 0 aliphatic carbocycles. The number of anilines is 2. The Morgan fingerprint density at radius 1 is 1.23 bits per heavy atom. The molecule has 3 aliphatic rings. The molecule has 0 spiro atoms. The average Bonchev–Trinajstić information content (AvgIpc) is 3.41. The number of nitrogens with one attached hydrogen (secondary N) is 2. The van der Waals surface area contributed by atoms with Gasteiger partial charge in [0.2, 0.25) is 0 Å². The Labute approximate surface area is 258 Å². The summed E-state index contributed by atoms with van der Waals surface area (Å²) < 4.78 is 47.9. The van der Waals surface area contributed by atoms with Crippen molar-refractivity contribution in [3.05, 3.63) is 47.8 Å². The van der Waals surface area contributed by atoms with Gasteiger partial charge in [-0.15, -0.1) is 0 Å². The van der Waals surface area contributed by atoms with E-state index in [1.165, 1.54) is 30.3 Å². The molecular weight excluding hydrogens is 593 g/mol. The summed E-state index contributed by atoms with van der Waals surface area (Å²) in [6.45, 7) is 2.33. The molecule has 6 rings (SSSR count). The minimum Gasteiger partial charge on any atom is -0.495 e. The number of thioether (sulfide) groups is 1. The zero-order valence-corrected chi connectivity index (χ0v) is 25.6. The molecule has 3 aliphatic heterocycles. The molecule has 1 aromatic carbocycles. The standard InChI is InChI=1S/C31H35F3N6O3S/c1-30(42)17-39(18-30)28(41)19-6-9-23(26(16-19)43-3)35-12-4-5-20-15-25-27(36-13-14-40(25)29(20)44-31(32,33)34)37-22-10-7-21-8-11-24(22)38(21)2/h6,9,13-16,21-22,24,35,42H,7-8,10-12,17-18H2,1-3H3,(H,36,37)/t21-,22-,24-/m1/s1. The number of rotatable bonds is 7. The number of amides is 1. The first-order valence-corrected chi connectivity index (χ1v) is 15.4. The number of carbonyl (C=O) groups is 1. The van der Waals surface area contributed by atoms with Crippen molar-refractivity contribution in [1.82, 2.24) is 19.2 Å². The maximum absolute atomic E-state index is 13.6. The largest absolute Gasteiger partial charge is 0.495 e. The lowest BCUT2D eigenvalue weighted by molar-refractivity contribution is -0.0668. The van der Waals surface area contributed by atoms with Gasteiger partial charge in [-0.05, 0) is 63.9 Å². The maximum Gasteiger partial charge on any atom is 0.447 e. The second kappa shape index (κ2) is 11.7. The molecule has 13 heteroatoms. The zero-order chi connectivity index (χ0) is 31.2. The number of nitrogens with zero attached hydrogens (tertiary/aromatic N) is 4. The van der Waals surface area contributed by atoms with E-state index in [0.717, 1.165) is 19.3 Å². The van der Waals surface area contributed by atoms with Gasteiger partial charge in [0, 0.05) is 47.8 Å². The number of benzene rings is 1. The van der Waals surface area contributed by atoms with Gasteiger partial charge in [-0.1, -0.05) is 11.8 Å². The molecule has 3 saturated heterocycles. The van der Waals surface area contributed by atoms with Crippen LogP contribution in [-0.4, -0.2) is 93.2 Å². The Kier molecular flexibility index (Phi) is 8.11. The molecule has 1 amide bonds. The number of ether oxygens (including phenoxy) is 1. The Hall–Kier alpha value is -3.60. The summed E-state index contributed by atoms with van der Waals surface area (Å²) in [5, 5.41) is 16.6. The van der Waals surface area contributed by atoms with E-state index >= 15 is 0 Å². The number of carbonyl (C=O) groups excluding carboxylic acids is 1. The molecule has 44 heavy (non-hydrogen) atoms. The molecule has 0 saturated carbocycles. The van der Waals surface area contributed by atoms with Crippen LogP contribution >= 0.6 is 11.8 Å². The van der Waals surface area contributed by atoms with Crippen molar-refractivity contribution in [2.75, 3.05) is 44.4 Å². The molecule has 234 valence electrons. The number of methoxy groups -OCH3 is 1. The van der Waals surface area contributed by atoms with Crippen molar-refractivity contribution in [3.63, 3.8) is 0 Å². The van der Waals surface area contributed by atoms with E-state index in [1.54, 1.807) is 36.1 Å². The highest BCUT2D eigenvalue weighted by molar-refractivity contribution is 8.00. The number of fused-ring (bicyclic) bond motifs is 3. The highest BCUT2D eigenvalue weighted by Crippen LogP contribution is 2.41. The van der Waals surface area contributed by atoms with E-state index in [2.05, 4.69) is 39.4 Å². The third-order valence-electron chi connectivity index (χ3n) is 8.75. The van der Waals surface area contributed by atoms with Crippen LogP contribution in [0.25, 0.3) is 5.52 Å². The zero-order valence-electron chi connectivity index (χ0n) is 24.7. The smallest absolute Gasteiger partial charge is 0.447 e. The molecule has 0 unspecified atom stereocenters. The van der Waals surface area contributed by atoms with Gasteiger partial charge in [-0.25, -0.2) is 4.98 Å². The highest BCUT2D eigenvalue weighted by Gasteiger charge is 2.41. The topological polar surface area (TPSA) is 94.4 Å². The van der Waals surface area contributed by atoms with Gasteiger partial charge in [0.15, 0.2) is 5.82 Å². The Morgan fingerprint density at radius 2 is 2.00 bits per heavy atom. The normalized spacial score (nSPS) is 22.7.